The van der Waals surface area contributed by atoms with E-state index in [0.29, 0.717) is 5.82 Å². The number of aryl methyl sites for hydroxylation is 1. The van der Waals surface area contributed by atoms with Gasteiger partial charge in [-0.15, -0.1) is 0 Å². The van der Waals surface area contributed by atoms with E-state index in [1.165, 1.54) is 7.11 Å². The molecule has 0 aliphatic carbocycles. The van der Waals surface area contributed by atoms with Gasteiger partial charge in [-0.2, -0.15) is 4.98 Å². The van der Waals surface area contributed by atoms with Crippen molar-refractivity contribution in [3.8, 4) is 11.4 Å². The van der Waals surface area contributed by atoms with Gasteiger partial charge < -0.3 is 9.26 Å². The van der Waals surface area contributed by atoms with Crippen LogP contribution in [-0.4, -0.2) is 23.2 Å². The molecule has 5 nitrogen and oxygen atoms in total. The van der Waals surface area contributed by atoms with Crippen molar-refractivity contribution < 1.29 is 14.1 Å². The Bertz CT molecular complexity index is 580. The van der Waals surface area contributed by atoms with E-state index < -0.39 is 5.97 Å². The largest absolute Gasteiger partial charge is 0.469 e. The number of aromatic nitrogens is 2. The number of ether oxygens (including phenoxy) is 1. The number of halogens is 1. The fourth-order valence-electron chi connectivity index (χ4n) is 1.51. The normalized spacial score (nSPS) is 10.4. The molecule has 0 fully saturated rings. The molecule has 1 aromatic heterocycles. The van der Waals surface area contributed by atoms with Crippen molar-refractivity contribution in [2.75, 3.05) is 7.11 Å². The van der Waals surface area contributed by atoms with Gasteiger partial charge in [-0.3, -0.25) is 4.79 Å². The number of nitrogens with zero attached hydrogens (tertiary/aromatic N) is 2. The highest BCUT2D eigenvalue weighted by atomic mass is 79.9. The summed E-state index contributed by atoms with van der Waals surface area (Å²) < 4.78 is 10.5. The number of hydrogen-bond acceptors (Lipinski definition) is 5. The van der Waals surface area contributed by atoms with Crippen LogP contribution in [0.3, 0.4) is 0 Å². The van der Waals surface area contributed by atoms with Crippen LogP contribution in [0.5, 0.6) is 0 Å². The van der Waals surface area contributed by atoms with Gasteiger partial charge in [-0.1, -0.05) is 21.1 Å². The van der Waals surface area contributed by atoms with Crippen LogP contribution in [0.4, 0.5) is 0 Å². The molecule has 0 saturated heterocycles. The second kappa shape index (κ2) is 5.30. The minimum Gasteiger partial charge on any atom is -0.469 e. The molecule has 94 valence electrons. The van der Waals surface area contributed by atoms with Gasteiger partial charge in [0.15, 0.2) is 0 Å². The zero-order valence-corrected chi connectivity index (χ0v) is 11.5. The number of carbonyl (C=O) groups is 1. The molecule has 0 atom stereocenters. The Kier molecular flexibility index (Phi) is 3.76. The summed E-state index contributed by atoms with van der Waals surface area (Å²) in [5.41, 5.74) is 1.90. The second-order valence-electron chi connectivity index (χ2n) is 3.72. The Morgan fingerprint density at radius 1 is 1.50 bits per heavy atom. The number of esters is 1. The molecule has 1 aromatic carbocycles. The van der Waals surface area contributed by atoms with E-state index in [1.807, 2.05) is 25.1 Å². The summed E-state index contributed by atoms with van der Waals surface area (Å²) >= 11 is 3.39. The fourth-order valence-corrected chi connectivity index (χ4v) is 1.99. The number of rotatable bonds is 3. The summed E-state index contributed by atoms with van der Waals surface area (Å²) in [6.45, 7) is 1.95. The summed E-state index contributed by atoms with van der Waals surface area (Å²) in [4.78, 5) is 15.2. The first-order chi connectivity index (χ1) is 8.60. The predicted molar refractivity (Wildman–Crippen MR) is 67.9 cm³/mol. The molecule has 0 radical (unpaired) electrons. The van der Waals surface area contributed by atoms with E-state index in [9.17, 15) is 4.79 Å². The van der Waals surface area contributed by atoms with Crippen molar-refractivity contribution in [3.63, 3.8) is 0 Å². The van der Waals surface area contributed by atoms with Gasteiger partial charge in [0.25, 0.3) is 0 Å². The van der Waals surface area contributed by atoms with Crippen LogP contribution in [0.1, 0.15) is 11.5 Å². The van der Waals surface area contributed by atoms with Crippen LogP contribution in [0, 0.1) is 6.92 Å². The van der Waals surface area contributed by atoms with Gasteiger partial charge in [-0.05, 0) is 30.7 Å². The first kappa shape index (κ1) is 12.8. The lowest BCUT2D eigenvalue weighted by atomic mass is 10.1. The van der Waals surface area contributed by atoms with Crippen molar-refractivity contribution in [1.29, 1.82) is 0 Å². The third-order valence-corrected chi connectivity index (χ3v) is 2.91. The molecule has 0 N–H and O–H groups in total. The number of carbonyl (C=O) groups excluding carboxylic acids is 1. The summed E-state index contributed by atoms with van der Waals surface area (Å²) in [6.07, 6.45) is -0.0148. The maximum atomic E-state index is 11.1. The lowest BCUT2D eigenvalue weighted by Gasteiger charge is -2.00. The molecule has 6 heteroatoms. The van der Waals surface area contributed by atoms with Crippen molar-refractivity contribution >= 4 is 21.9 Å². The molecule has 0 unspecified atom stereocenters. The molecular formula is C12H11BrN2O3. The van der Waals surface area contributed by atoms with Gasteiger partial charge in [0, 0.05) is 10.0 Å². The summed E-state index contributed by atoms with van der Waals surface area (Å²) in [7, 11) is 1.32. The third-order valence-electron chi connectivity index (χ3n) is 2.42. The van der Waals surface area contributed by atoms with Gasteiger partial charge >= 0.3 is 5.97 Å². The van der Waals surface area contributed by atoms with Gasteiger partial charge in [0.05, 0.1) is 7.11 Å². The zero-order chi connectivity index (χ0) is 13.1. The van der Waals surface area contributed by atoms with E-state index in [4.69, 9.17) is 4.52 Å². The minimum absolute atomic E-state index is 0.0148. The Labute approximate surface area is 112 Å². The number of hydrogen-bond donors (Lipinski definition) is 0. The standard InChI is InChI=1S/C12H11BrN2O3/c1-7-5-8(13)3-4-9(7)12-14-10(18-15-12)6-11(16)17-2/h3-5H,6H2,1-2H3. The molecule has 0 spiro atoms. The lowest BCUT2D eigenvalue weighted by molar-refractivity contribution is -0.140. The Hall–Kier alpha value is -1.69. The SMILES string of the molecule is COC(=O)Cc1nc(-c2ccc(Br)cc2C)no1. The van der Waals surface area contributed by atoms with Crippen LogP contribution in [0.2, 0.25) is 0 Å². The molecule has 18 heavy (non-hydrogen) atoms. The Morgan fingerprint density at radius 2 is 2.28 bits per heavy atom. The van der Waals surface area contributed by atoms with E-state index in [2.05, 4.69) is 30.8 Å². The van der Waals surface area contributed by atoms with Crippen LogP contribution in [-0.2, 0) is 16.0 Å². The minimum atomic E-state index is -0.405. The molecular weight excluding hydrogens is 300 g/mol. The van der Waals surface area contributed by atoms with E-state index in [-0.39, 0.29) is 12.3 Å². The maximum absolute atomic E-state index is 11.1. The maximum Gasteiger partial charge on any atom is 0.315 e. The molecule has 0 saturated carbocycles. The van der Waals surface area contributed by atoms with E-state index in [0.717, 1.165) is 15.6 Å². The predicted octanol–water partition coefficient (Wildman–Crippen LogP) is 2.52. The smallest absolute Gasteiger partial charge is 0.315 e. The monoisotopic (exact) mass is 310 g/mol. The van der Waals surface area contributed by atoms with Crippen molar-refractivity contribution in [1.82, 2.24) is 10.1 Å². The Balaban J connectivity index is 2.26. The van der Waals surface area contributed by atoms with E-state index in [1.54, 1.807) is 0 Å². The van der Waals surface area contributed by atoms with Crippen molar-refractivity contribution in [3.05, 3.63) is 34.1 Å². The average Bonchev–Trinajstić information content (AvgIpc) is 2.77. The molecule has 0 amide bonds. The molecule has 2 aromatic rings. The average molecular weight is 311 g/mol. The molecule has 0 bridgehead atoms. The molecule has 1 heterocycles. The molecule has 0 aliphatic heterocycles. The zero-order valence-electron chi connectivity index (χ0n) is 9.94. The summed E-state index contributed by atoms with van der Waals surface area (Å²) in [5.74, 6) is 0.316. The Morgan fingerprint density at radius 3 is 2.94 bits per heavy atom. The van der Waals surface area contributed by atoms with Crippen molar-refractivity contribution in [2.24, 2.45) is 0 Å². The topological polar surface area (TPSA) is 65.2 Å². The summed E-state index contributed by atoms with van der Waals surface area (Å²) in [5, 5.41) is 3.86. The highest BCUT2D eigenvalue weighted by Gasteiger charge is 2.14. The quantitative estimate of drug-likeness (QED) is 0.815. The van der Waals surface area contributed by atoms with Gasteiger partial charge in [0.1, 0.15) is 6.42 Å². The van der Waals surface area contributed by atoms with Gasteiger partial charge in [-0.25, -0.2) is 0 Å². The summed E-state index contributed by atoms with van der Waals surface area (Å²) in [6, 6.07) is 5.76. The fraction of sp³-hybridized carbons (Fsp3) is 0.250. The third kappa shape index (κ3) is 2.76. The van der Waals surface area contributed by atoms with Crippen molar-refractivity contribution in [2.45, 2.75) is 13.3 Å². The van der Waals surface area contributed by atoms with Gasteiger partial charge in [0.2, 0.25) is 11.7 Å². The second-order valence-corrected chi connectivity index (χ2v) is 4.64. The first-order valence-electron chi connectivity index (χ1n) is 5.26. The molecule has 0 aliphatic rings. The van der Waals surface area contributed by atoms with Crippen LogP contribution < -0.4 is 0 Å². The van der Waals surface area contributed by atoms with E-state index >= 15 is 0 Å². The molecule has 2 rings (SSSR count). The van der Waals surface area contributed by atoms with Crippen LogP contribution in [0.25, 0.3) is 11.4 Å². The van der Waals surface area contributed by atoms with Crippen LogP contribution in [0.15, 0.2) is 27.2 Å². The number of methoxy groups -OCH3 is 1. The number of benzene rings is 1. The highest BCUT2D eigenvalue weighted by Crippen LogP contribution is 2.23. The first-order valence-corrected chi connectivity index (χ1v) is 6.05. The highest BCUT2D eigenvalue weighted by molar-refractivity contribution is 9.10. The lowest BCUT2D eigenvalue weighted by Crippen LogP contribution is -2.04. The van der Waals surface area contributed by atoms with Crippen LogP contribution >= 0.6 is 15.9 Å².